The van der Waals surface area contributed by atoms with E-state index in [9.17, 15) is 0 Å². The molecule has 0 saturated carbocycles. The SMILES string of the molecule is Cc1cc(CN2CC3(CC(OCc4ccncc4)CS3)C2)no1. The molecule has 6 heteroatoms. The summed E-state index contributed by atoms with van der Waals surface area (Å²) in [5.41, 5.74) is 2.23. The van der Waals surface area contributed by atoms with Crippen molar-refractivity contribution in [2.24, 2.45) is 0 Å². The molecule has 0 bridgehead atoms. The largest absolute Gasteiger partial charge is 0.373 e. The predicted molar refractivity (Wildman–Crippen MR) is 89.1 cm³/mol. The van der Waals surface area contributed by atoms with Gasteiger partial charge in [-0.3, -0.25) is 9.88 Å². The molecule has 0 aliphatic carbocycles. The molecule has 2 aliphatic heterocycles. The molecule has 1 unspecified atom stereocenters. The van der Waals surface area contributed by atoms with Crippen molar-refractivity contribution in [3.63, 3.8) is 0 Å². The van der Waals surface area contributed by atoms with Crippen molar-refractivity contribution in [3.8, 4) is 0 Å². The molecule has 0 radical (unpaired) electrons. The second-order valence-corrected chi connectivity index (χ2v) is 8.05. The van der Waals surface area contributed by atoms with Gasteiger partial charge in [-0.05, 0) is 31.0 Å². The van der Waals surface area contributed by atoms with Crippen LogP contribution in [0.5, 0.6) is 0 Å². The van der Waals surface area contributed by atoms with Crippen LogP contribution in [-0.2, 0) is 17.9 Å². The van der Waals surface area contributed by atoms with Gasteiger partial charge in [0.15, 0.2) is 0 Å². The number of hydrogen-bond donors (Lipinski definition) is 0. The first-order valence-corrected chi connectivity index (χ1v) is 8.98. The summed E-state index contributed by atoms with van der Waals surface area (Å²) in [5, 5.41) is 4.08. The average molecular weight is 331 g/mol. The zero-order valence-electron chi connectivity index (χ0n) is 13.3. The molecule has 0 aromatic carbocycles. The summed E-state index contributed by atoms with van der Waals surface area (Å²) in [6, 6.07) is 6.05. The van der Waals surface area contributed by atoms with Crippen molar-refractivity contribution >= 4 is 11.8 Å². The number of aryl methyl sites for hydroxylation is 1. The average Bonchev–Trinajstić information content (AvgIpc) is 3.13. The summed E-state index contributed by atoms with van der Waals surface area (Å²) in [4.78, 5) is 6.48. The fourth-order valence-electron chi connectivity index (χ4n) is 3.43. The van der Waals surface area contributed by atoms with E-state index in [1.54, 1.807) is 0 Å². The molecule has 0 amide bonds. The lowest BCUT2D eigenvalue weighted by Crippen LogP contribution is -2.58. The lowest BCUT2D eigenvalue weighted by Gasteiger charge is -2.47. The van der Waals surface area contributed by atoms with Gasteiger partial charge in [0, 0.05) is 48.6 Å². The molecule has 23 heavy (non-hydrogen) atoms. The number of ether oxygens (including phenoxy) is 1. The van der Waals surface area contributed by atoms with Crippen LogP contribution in [0.25, 0.3) is 0 Å². The van der Waals surface area contributed by atoms with Gasteiger partial charge in [-0.15, -0.1) is 11.8 Å². The topological polar surface area (TPSA) is 51.4 Å². The number of pyridine rings is 1. The van der Waals surface area contributed by atoms with Crippen molar-refractivity contribution in [2.75, 3.05) is 18.8 Å². The van der Waals surface area contributed by atoms with E-state index in [1.807, 2.05) is 37.5 Å². The second-order valence-electron chi connectivity index (χ2n) is 6.56. The molecule has 0 N–H and O–H groups in total. The number of likely N-dealkylation sites (tertiary alicyclic amines) is 1. The third kappa shape index (κ3) is 3.44. The molecule has 1 atom stereocenters. The van der Waals surface area contributed by atoms with E-state index in [4.69, 9.17) is 9.26 Å². The summed E-state index contributed by atoms with van der Waals surface area (Å²) in [6.07, 6.45) is 5.15. The van der Waals surface area contributed by atoms with Crippen LogP contribution in [-0.4, -0.2) is 44.7 Å². The molecule has 2 aromatic rings. The van der Waals surface area contributed by atoms with Gasteiger partial charge in [0.2, 0.25) is 0 Å². The van der Waals surface area contributed by atoms with Gasteiger partial charge in [0.05, 0.1) is 18.4 Å². The highest BCUT2D eigenvalue weighted by Gasteiger charge is 2.49. The van der Waals surface area contributed by atoms with Crippen LogP contribution in [0.4, 0.5) is 0 Å². The van der Waals surface area contributed by atoms with Crippen LogP contribution in [0, 0.1) is 6.92 Å². The van der Waals surface area contributed by atoms with Gasteiger partial charge in [0.1, 0.15) is 5.76 Å². The molecule has 4 heterocycles. The van der Waals surface area contributed by atoms with E-state index in [0.29, 0.717) is 17.5 Å². The van der Waals surface area contributed by atoms with Gasteiger partial charge < -0.3 is 9.26 Å². The minimum Gasteiger partial charge on any atom is -0.373 e. The molecule has 122 valence electrons. The Kier molecular flexibility index (Phi) is 4.13. The van der Waals surface area contributed by atoms with E-state index < -0.39 is 0 Å². The molecule has 4 rings (SSSR count). The maximum absolute atomic E-state index is 6.08. The highest BCUT2D eigenvalue weighted by atomic mass is 32.2. The van der Waals surface area contributed by atoms with E-state index in [2.05, 4.69) is 26.8 Å². The third-order valence-electron chi connectivity index (χ3n) is 4.50. The maximum Gasteiger partial charge on any atom is 0.133 e. The molecule has 2 aliphatic rings. The van der Waals surface area contributed by atoms with E-state index in [0.717, 1.165) is 43.3 Å². The highest BCUT2D eigenvalue weighted by molar-refractivity contribution is 8.01. The quantitative estimate of drug-likeness (QED) is 0.839. The van der Waals surface area contributed by atoms with E-state index in [1.165, 1.54) is 5.56 Å². The molecule has 2 fully saturated rings. The first kappa shape index (κ1) is 15.2. The molecule has 5 nitrogen and oxygen atoms in total. The van der Waals surface area contributed by atoms with Gasteiger partial charge in [-0.25, -0.2) is 0 Å². The van der Waals surface area contributed by atoms with Crippen molar-refractivity contribution in [1.82, 2.24) is 15.0 Å². The van der Waals surface area contributed by atoms with Crippen molar-refractivity contribution in [3.05, 3.63) is 47.6 Å². The number of aromatic nitrogens is 2. The van der Waals surface area contributed by atoms with Gasteiger partial charge in [-0.1, -0.05) is 5.16 Å². The minimum absolute atomic E-state index is 0.365. The first-order chi connectivity index (χ1) is 11.2. The standard InChI is InChI=1S/C17H21N3O2S/c1-13-6-15(19-22-13)8-20-11-17(12-20)7-16(10-23-17)21-9-14-2-4-18-5-3-14/h2-6,16H,7-12H2,1H3. The minimum atomic E-state index is 0.365. The fourth-order valence-corrected chi connectivity index (χ4v) is 5.03. The normalized spacial score (nSPS) is 23.3. The maximum atomic E-state index is 6.08. The number of rotatable bonds is 5. The Morgan fingerprint density at radius 3 is 2.96 bits per heavy atom. The van der Waals surface area contributed by atoms with Gasteiger partial charge >= 0.3 is 0 Å². The number of hydrogen-bond acceptors (Lipinski definition) is 6. The highest BCUT2D eigenvalue weighted by Crippen LogP contribution is 2.46. The molecule has 2 aromatic heterocycles. The van der Waals surface area contributed by atoms with Crippen LogP contribution in [0.1, 0.15) is 23.4 Å². The van der Waals surface area contributed by atoms with Crippen LogP contribution in [0.15, 0.2) is 35.1 Å². The molecule has 2 saturated heterocycles. The molecular formula is C17H21N3O2S. The Morgan fingerprint density at radius 2 is 2.22 bits per heavy atom. The van der Waals surface area contributed by atoms with Crippen molar-refractivity contribution in [2.45, 2.75) is 37.3 Å². The Morgan fingerprint density at radius 1 is 1.39 bits per heavy atom. The Balaban J connectivity index is 1.23. The van der Waals surface area contributed by atoms with Crippen LogP contribution in [0.3, 0.4) is 0 Å². The summed E-state index contributed by atoms with van der Waals surface area (Å²) in [6.45, 7) is 5.76. The van der Waals surface area contributed by atoms with Crippen molar-refractivity contribution < 1.29 is 9.26 Å². The Hall–Kier alpha value is -1.37. The molecular weight excluding hydrogens is 310 g/mol. The van der Waals surface area contributed by atoms with E-state index in [-0.39, 0.29) is 0 Å². The van der Waals surface area contributed by atoms with Crippen molar-refractivity contribution in [1.29, 1.82) is 0 Å². The number of thioether (sulfide) groups is 1. The Labute approximate surface area is 140 Å². The zero-order chi connectivity index (χ0) is 15.7. The third-order valence-corrected chi connectivity index (χ3v) is 6.07. The summed E-state index contributed by atoms with van der Waals surface area (Å²) in [7, 11) is 0. The van der Waals surface area contributed by atoms with Gasteiger partial charge in [-0.2, -0.15) is 0 Å². The van der Waals surface area contributed by atoms with Crippen LogP contribution >= 0.6 is 11.8 Å². The van der Waals surface area contributed by atoms with E-state index >= 15 is 0 Å². The summed E-state index contributed by atoms with van der Waals surface area (Å²) in [5.74, 6) is 1.98. The smallest absolute Gasteiger partial charge is 0.133 e. The fraction of sp³-hybridized carbons (Fsp3) is 0.529. The summed E-state index contributed by atoms with van der Waals surface area (Å²) < 4.78 is 11.6. The van der Waals surface area contributed by atoms with Crippen LogP contribution < -0.4 is 0 Å². The van der Waals surface area contributed by atoms with Crippen LogP contribution in [0.2, 0.25) is 0 Å². The summed E-state index contributed by atoms with van der Waals surface area (Å²) >= 11 is 2.07. The number of nitrogens with zero attached hydrogens (tertiary/aromatic N) is 3. The predicted octanol–water partition coefficient (Wildman–Crippen LogP) is 2.65. The second kappa shape index (κ2) is 6.26. The lowest BCUT2D eigenvalue weighted by molar-refractivity contribution is 0.0259. The Bertz CT molecular complexity index is 655. The van der Waals surface area contributed by atoms with Gasteiger partial charge in [0.25, 0.3) is 0 Å². The first-order valence-electron chi connectivity index (χ1n) is 8.00. The molecule has 1 spiro atoms. The monoisotopic (exact) mass is 331 g/mol. The lowest BCUT2D eigenvalue weighted by atomic mass is 9.93. The zero-order valence-corrected chi connectivity index (χ0v) is 14.1.